The van der Waals surface area contributed by atoms with Gasteiger partial charge in [0.2, 0.25) is 0 Å². The number of halogens is 4. The van der Waals surface area contributed by atoms with Crippen molar-refractivity contribution in [3.05, 3.63) is 111 Å². The van der Waals surface area contributed by atoms with Crippen LogP contribution in [0.25, 0.3) is 17.3 Å². The number of nitrogens with one attached hydrogen (secondary N) is 3. The highest BCUT2D eigenvalue weighted by molar-refractivity contribution is 6.35. The number of rotatable bonds is 4. The highest BCUT2D eigenvalue weighted by Gasteiger charge is 2.33. The number of anilines is 2. The predicted molar refractivity (Wildman–Crippen MR) is 134 cm³/mol. The zero-order chi connectivity index (χ0) is 26.3. The molecule has 3 N–H and O–H groups in total. The van der Waals surface area contributed by atoms with Crippen LogP contribution in [0.4, 0.5) is 24.5 Å². The number of pyridine rings is 1. The van der Waals surface area contributed by atoms with Gasteiger partial charge in [-0.05, 0) is 60.7 Å². The summed E-state index contributed by atoms with van der Waals surface area (Å²) >= 11 is 5.67. The maximum atomic E-state index is 13.3. The minimum Gasteiger partial charge on any atom is -0.362 e. The predicted octanol–water partition coefficient (Wildman–Crippen LogP) is 5.58. The van der Waals surface area contributed by atoms with Crippen molar-refractivity contribution in [3.8, 4) is 5.69 Å². The van der Waals surface area contributed by atoms with Crippen LogP contribution < -0.4 is 16.2 Å². The van der Waals surface area contributed by atoms with E-state index in [9.17, 15) is 27.6 Å². The Morgan fingerprint density at radius 3 is 2.57 bits per heavy atom. The molecule has 0 fully saturated rings. The molecule has 0 bridgehead atoms. The Kier molecular flexibility index (Phi) is 5.96. The summed E-state index contributed by atoms with van der Waals surface area (Å²) in [6.45, 7) is 0. The molecule has 4 aromatic rings. The van der Waals surface area contributed by atoms with E-state index in [1.54, 1.807) is 36.5 Å². The van der Waals surface area contributed by atoms with Crippen LogP contribution in [0.15, 0.2) is 77.9 Å². The van der Waals surface area contributed by atoms with Crippen molar-refractivity contribution in [2.24, 2.45) is 0 Å². The summed E-state index contributed by atoms with van der Waals surface area (Å²) in [6, 6.07) is 14.1. The van der Waals surface area contributed by atoms with Gasteiger partial charge in [-0.25, -0.2) is 0 Å². The maximum Gasteiger partial charge on any atom is 0.417 e. The second kappa shape index (κ2) is 9.14. The molecule has 0 spiro atoms. The van der Waals surface area contributed by atoms with Crippen LogP contribution in [-0.2, 0) is 11.0 Å². The van der Waals surface area contributed by atoms with E-state index in [1.807, 2.05) is 6.07 Å². The van der Waals surface area contributed by atoms with Crippen molar-refractivity contribution in [1.82, 2.24) is 9.55 Å². The zero-order valence-corrected chi connectivity index (χ0v) is 19.4. The molecular weight excluding hydrogens is 509 g/mol. The normalized spacial score (nSPS) is 13.9. The number of H-pyrrole nitrogens is 1. The number of nitrogens with zero attached hydrogens (tertiary/aromatic N) is 1. The third kappa shape index (κ3) is 4.66. The minimum absolute atomic E-state index is 0.0991. The van der Waals surface area contributed by atoms with Gasteiger partial charge in [-0.15, -0.1) is 0 Å². The average molecular weight is 525 g/mol. The van der Waals surface area contributed by atoms with E-state index in [2.05, 4.69) is 15.6 Å². The standard InChI is InChI=1S/C26H16ClF3N4O3/c27-21-8-6-16(13-20(21)26(28,29)30)34-10-2-4-18(25(34)37)23(35)32-15-5-7-17-19(11-14-3-1-9-31-14)24(36)33-22(17)12-15/h1-13,31H,(H,32,35)(H,33,36)/b19-11-. The van der Waals surface area contributed by atoms with Crippen molar-refractivity contribution in [1.29, 1.82) is 0 Å². The smallest absolute Gasteiger partial charge is 0.362 e. The van der Waals surface area contributed by atoms with Gasteiger partial charge >= 0.3 is 6.18 Å². The molecule has 2 aromatic heterocycles. The van der Waals surface area contributed by atoms with Gasteiger partial charge in [-0.2, -0.15) is 13.2 Å². The molecule has 2 amide bonds. The number of fused-ring (bicyclic) bond motifs is 1. The molecule has 1 aliphatic rings. The number of amides is 2. The minimum atomic E-state index is -4.72. The van der Waals surface area contributed by atoms with Gasteiger partial charge in [-0.3, -0.25) is 19.0 Å². The number of alkyl halides is 3. The van der Waals surface area contributed by atoms with Crippen molar-refractivity contribution in [2.75, 3.05) is 10.6 Å². The van der Waals surface area contributed by atoms with Gasteiger partial charge in [0, 0.05) is 35.0 Å². The summed E-state index contributed by atoms with van der Waals surface area (Å²) in [5, 5.41) is 4.83. The Labute approximate surface area is 212 Å². The van der Waals surface area contributed by atoms with E-state index in [-0.39, 0.29) is 17.2 Å². The molecule has 186 valence electrons. The van der Waals surface area contributed by atoms with Gasteiger partial charge < -0.3 is 15.6 Å². The lowest BCUT2D eigenvalue weighted by Crippen LogP contribution is -2.28. The lowest BCUT2D eigenvalue weighted by molar-refractivity contribution is -0.137. The van der Waals surface area contributed by atoms with E-state index in [1.165, 1.54) is 24.4 Å². The molecule has 0 atom stereocenters. The second-order valence-electron chi connectivity index (χ2n) is 8.11. The first-order valence-corrected chi connectivity index (χ1v) is 11.2. The Hall–Kier alpha value is -4.57. The first kappa shape index (κ1) is 24.1. The lowest BCUT2D eigenvalue weighted by atomic mass is 10.1. The summed E-state index contributed by atoms with van der Waals surface area (Å²) in [5.41, 5.74) is 0.321. The fourth-order valence-corrected chi connectivity index (χ4v) is 4.18. The van der Waals surface area contributed by atoms with Gasteiger partial charge in [0.1, 0.15) is 5.56 Å². The number of carbonyl (C=O) groups excluding carboxylic acids is 2. The Morgan fingerprint density at radius 1 is 1.03 bits per heavy atom. The topological polar surface area (TPSA) is 96.0 Å². The molecule has 2 aromatic carbocycles. The van der Waals surface area contributed by atoms with E-state index in [0.717, 1.165) is 22.4 Å². The molecule has 0 saturated carbocycles. The highest BCUT2D eigenvalue weighted by Crippen LogP contribution is 2.36. The molecule has 0 radical (unpaired) electrons. The molecule has 1 aliphatic heterocycles. The number of hydrogen-bond donors (Lipinski definition) is 3. The average Bonchev–Trinajstić information content (AvgIpc) is 3.46. The van der Waals surface area contributed by atoms with Crippen LogP contribution >= 0.6 is 11.6 Å². The summed E-state index contributed by atoms with van der Waals surface area (Å²) in [5.74, 6) is -1.07. The molecule has 0 aliphatic carbocycles. The first-order chi connectivity index (χ1) is 17.6. The summed E-state index contributed by atoms with van der Waals surface area (Å²) in [7, 11) is 0. The number of aromatic nitrogens is 2. The molecule has 0 unspecified atom stereocenters. The van der Waals surface area contributed by atoms with E-state index >= 15 is 0 Å². The fraction of sp³-hybridized carbons (Fsp3) is 0.0385. The van der Waals surface area contributed by atoms with E-state index in [4.69, 9.17) is 11.6 Å². The third-order valence-corrected chi connectivity index (χ3v) is 6.04. The molecule has 5 rings (SSSR count). The van der Waals surface area contributed by atoms with E-state index in [0.29, 0.717) is 22.5 Å². The quantitative estimate of drug-likeness (QED) is 0.304. The monoisotopic (exact) mass is 524 g/mol. The maximum absolute atomic E-state index is 13.3. The van der Waals surface area contributed by atoms with Gasteiger partial charge in [0.05, 0.1) is 21.8 Å². The fourth-order valence-electron chi connectivity index (χ4n) is 3.95. The Bertz CT molecular complexity index is 1640. The summed E-state index contributed by atoms with van der Waals surface area (Å²) in [4.78, 5) is 41.3. The number of benzene rings is 2. The zero-order valence-electron chi connectivity index (χ0n) is 18.7. The van der Waals surface area contributed by atoms with E-state index < -0.39 is 28.2 Å². The van der Waals surface area contributed by atoms with Crippen molar-refractivity contribution in [2.45, 2.75) is 6.18 Å². The van der Waals surface area contributed by atoms with Crippen molar-refractivity contribution < 1.29 is 22.8 Å². The number of aromatic amines is 1. The molecule has 37 heavy (non-hydrogen) atoms. The molecule has 0 saturated heterocycles. The number of hydrogen-bond acceptors (Lipinski definition) is 3. The van der Waals surface area contributed by atoms with Crippen LogP contribution in [0.2, 0.25) is 5.02 Å². The van der Waals surface area contributed by atoms with Gasteiger partial charge in [0.15, 0.2) is 0 Å². The Balaban J connectivity index is 1.42. The van der Waals surface area contributed by atoms with Crippen LogP contribution in [-0.4, -0.2) is 21.4 Å². The molecule has 7 nitrogen and oxygen atoms in total. The summed E-state index contributed by atoms with van der Waals surface area (Å²) < 4.78 is 40.7. The van der Waals surface area contributed by atoms with Crippen molar-refractivity contribution in [3.63, 3.8) is 0 Å². The summed E-state index contributed by atoms with van der Waals surface area (Å²) in [6.07, 6.45) is -0.0258. The molecule has 11 heteroatoms. The first-order valence-electron chi connectivity index (χ1n) is 10.8. The van der Waals surface area contributed by atoms with Crippen LogP contribution in [0.5, 0.6) is 0 Å². The Morgan fingerprint density at radius 2 is 1.84 bits per heavy atom. The third-order valence-electron chi connectivity index (χ3n) is 5.71. The molecule has 3 heterocycles. The highest BCUT2D eigenvalue weighted by atomic mass is 35.5. The SMILES string of the molecule is O=C1Nc2cc(NC(=O)c3cccn(-c4ccc(Cl)c(C(F)(F)F)c4)c3=O)ccc2/C1=C/c1ccc[nH]1. The van der Waals surface area contributed by atoms with Crippen LogP contribution in [0, 0.1) is 0 Å². The van der Waals surface area contributed by atoms with Crippen LogP contribution in [0.1, 0.15) is 27.2 Å². The van der Waals surface area contributed by atoms with Gasteiger partial charge in [-0.1, -0.05) is 17.7 Å². The van der Waals surface area contributed by atoms with Crippen molar-refractivity contribution >= 4 is 46.4 Å². The molecular formula is C26H16ClF3N4O3. The van der Waals surface area contributed by atoms with Crippen LogP contribution in [0.3, 0.4) is 0 Å². The lowest BCUT2D eigenvalue weighted by Gasteiger charge is -2.13. The largest absolute Gasteiger partial charge is 0.417 e. The van der Waals surface area contributed by atoms with Gasteiger partial charge in [0.25, 0.3) is 17.4 Å². The number of carbonyl (C=O) groups is 2. The second-order valence-corrected chi connectivity index (χ2v) is 8.52.